The van der Waals surface area contributed by atoms with Crippen LogP contribution >= 0.6 is 27.3 Å². The number of aryl methyl sites for hydroxylation is 1. The molecule has 1 aromatic heterocycles. The average molecular weight is 357 g/mol. The van der Waals surface area contributed by atoms with Crippen LogP contribution in [0.15, 0.2) is 28.9 Å². The van der Waals surface area contributed by atoms with E-state index < -0.39 is 0 Å². The molecular formula is C15H18BrFN2S. The number of halogens is 2. The number of hydrogen-bond acceptors (Lipinski definition) is 3. The molecule has 2 rings (SSSR count). The van der Waals surface area contributed by atoms with Crippen LogP contribution in [0.1, 0.15) is 34.8 Å². The van der Waals surface area contributed by atoms with Crippen molar-refractivity contribution >= 4 is 27.3 Å². The molecule has 1 aromatic carbocycles. The molecule has 1 N–H and O–H groups in total. The van der Waals surface area contributed by atoms with E-state index in [0.717, 1.165) is 34.4 Å². The molecule has 0 aliphatic carbocycles. The fourth-order valence-electron chi connectivity index (χ4n) is 2.10. The Bertz CT molecular complexity index is 551. The normalized spacial score (nSPS) is 12.6. The van der Waals surface area contributed by atoms with Crippen LogP contribution in [0.5, 0.6) is 0 Å². The Balaban J connectivity index is 2.18. The molecule has 0 aliphatic rings. The van der Waals surface area contributed by atoms with Crippen LogP contribution in [0, 0.1) is 12.7 Å². The van der Waals surface area contributed by atoms with Crippen molar-refractivity contribution in [3.8, 4) is 0 Å². The molecule has 0 radical (unpaired) electrons. The molecule has 1 heterocycles. The van der Waals surface area contributed by atoms with Crippen molar-refractivity contribution in [2.24, 2.45) is 0 Å². The first-order valence-corrected chi connectivity index (χ1v) is 8.30. The van der Waals surface area contributed by atoms with Gasteiger partial charge in [0.1, 0.15) is 5.82 Å². The van der Waals surface area contributed by atoms with Crippen molar-refractivity contribution in [2.75, 3.05) is 6.54 Å². The SMILES string of the molecule is CCCNC(Cc1cc(F)cc(Br)c1)c1cnc(C)s1. The summed E-state index contributed by atoms with van der Waals surface area (Å²) in [5.74, 6) is -0.205. The Hall–Kier alpha value is -0.780. The second-order valence-corrected chi connectivity index (χ2v) is 6.95. The van der Waals surface area contributed by atoms with Crippen LogP contribution in [-0.2, 0) is 6.42 Å². The van der Waals surface area contributed by atoms with Crippen molar-refractivity contribution in [2.45, 2.75) is 32.7 Å². The van der Waals surface area contributed by atoms with Crippen molar-refractivity contribution in [3.05, 3.63) is 50.1 Å². The Morgan fingerprint density at radius 3 is 2.80 bits per heavy atom. The van der Waals surface area contributed by atoms with Gasteiger partial charge in [-0.3, -0.25) is 0 Å². The lowest BCUT2D eigenvalue weighted by Gasteiger charge is -2.17. The number of benzene rings is 1. The molecule has 108 valence electrons. The third kappa shape index (κ3) is 4.36. The molecule has 0 amide bonds. The van der Waals surface area contributed by atoms with Gasteiger partial charge in [-0.05, 0) is 50.1 Å². The predicted octanol–water partition coefficient (Wildman–Crippen LogP) is 4.64. The van der Waals surface area contributed by atoms with Gasteiger partial charge in [-0.1, -0.05) is 22.9 Å². The summed E-state index contributed by atoms with van der Waals surface area (Å²) in [6, 6.07) is 5.24. The van der Waals surface area contributed by atoms with Crippen LogP contribution in [-0.4, -0.2) is 11.5 Å². The highest BCUT2D eigenvalue weighted by Gasteiger charge is 2.15. The van der Waals surface area contributed by atoms with Crippen molar-refractivity contribution in [3.63, 3.8) is 0 Å². The third-order valence-corrected chi connectivity index (χ3v) is 4.47. The van der Waals surface area contributed by atoms with Gasteiger partial charge in [0.2, 0.25) is 0 Å². The van der Waals surface area contributed by atoms with Gasteiger partial charge in [0.05, 0.1) is 5.01 Å². The molecule has 5 heteroatoms. The smallest absolute Gasteiger partial charge is 0.124 e. The van der Waals surface area contributed by atoms with Crippen molar-refractivity contribution in [1.82, 2.24) is 10.3 Å². The summed E-state index contributed by atoms with van der Waals surface area (Å²) >= 11 is 5.04. The molecule has 2 nitrogen and oxygen atoms in total. The molecule has 1 atom stereocenters. The Kier molecular flexibility index (Phi) is 5.69. The van der Waals surface area contributed by atoms with Gasteiger partial charge in [-0.2, -0.15) is 0 Å². The standard InChI is InChI=1S/C15H18BrFN2S/c1-3-4-18-14(15-9-19-10(2)20-15)7-11-5-12(16)8-13(17)6-11/h5-6,8-9,14,18H,3-4,7H2,1-2H3. The number of hydrogen-bond donors (Lipinski definition) is 1. The zero-order valence-corrected chi connectivity index (χ0v) is 14.0. The van der Waals surface area contributed by atoms with Crippen LogP contribution < -0.4 is 5.32 Å². The van der Waals surface area contributed by atoms with E-state index in [4.69, 9.17) is 0 Å². The van der Waals surface area contributed by atoms with Crippen LogP contribution in [0.25, 0.3) is 0 Å². The maximum absolute atomic E-state index is 13.5. The van der Waals surface area contributed by atoms with Gasteiger partial charge in [0.15, 0.2) is 0 Å². The largest absolute Gasteiger partial charge is 0.309 e. The molecule has 0 saturated carbocycles. The Morgan fingerprint density at radius 1 is 1.40 bits per heavy atom. The first-order valence-electron chi connectivity index (χ1n) is 6.69. The lowest BCUT2D eigenvalue weighted by Crippen LogP contribution is -2.23. The molecule has 2 aromatic rings. The molecule has 0 spiro atoms. The Labute approximate surface area is 131 Å². The Morgan fingerprint density at radius 2 is 2.20 bits per heavy atom. The van der Waals surface area contributed by atoms with E-state index >= 15 is 0 Å². The summed E-state index contributed by atoms with van der Waals surface area (Å²) in [6.07, 6.45) is 3.75. The molecular weight excluding hydrogens is 339 g/mol. The van der Waals surface area contributed by atoms with Gasteiger partial charge in [0.25, 0.3) is 0 Å². The minimum absolute atomic E-state index is 0.190. The van der Waals surface area contributed by atoms with Crippen molar-refractivity contribution in [1.29, 1.82) is 0 Å². The number of rotatable bonds is 6. The molecule has 20 heavy (non-hydrogen) atoms. The highest BCUT2D eigenvalue weighted by Crippen LogP contribution is 2.25. The highest BCUT2D eigenvalue weighted by atomic mass is 79.9. The lowest BCUT2D eigenvalue weighted by molar-refractivity contribution is 0.533. The van der Waals surface area contributed by atoms with E-state index in [1.54, 1.807) is 17.4 Å². The molecule has 1 unspecified atom stereocenters. The average Bonchev–Trinajstić information content (AvgIpc) is 2.80. The lowest BCUT2D eigenvalue weighted by atomic mass is 10.0. The molecule has 0 saturated heterocycles. The second kappa shape index (κ2) is 7.29. The minimum atomic E-state index is -0.205. The van der Waals surface area contributed by atoms with Crippen LogP contribution in [0.3, 0.4) is 0 Å². The molecule has 0 bridgehead atoms. The summed E-state index contributed by atoms with van der Waals surface area (Å²) in [6.45, 7) is 5.09. The quantitative estimate of drug-likeness (QED) is 0.815. The number of nitrogens with zero attached hydrogens (tertiary/aromatic N) is 1. The van der Waals surface area contributed by atoms with E-state index in [9.17, 15) is 4.39 Å². The fraction of sp³-hybridized carbons (Fsp3) is 0.400. The van der Waals surface area contributed by atoms with Crippen LogP contribution in [0.2, 0.25) is 0 Å². The van der Waals surface area contributed by atoms with Gasteiger partial charge < -0.3 is 5.32 Å². The van der Waals surface area contributed by atoms with Gasteiger partial charge >= 0.3 is 0 Å². The fourth-order valence-corrected chi connectivity index (χ4v) is 3.47. The van der Waals surface area contributed by atoms with Gasteiger partial charge in [0, 0.05) is 21.6 Å². The summed E-state index contributed by atoms with van der Waals surface area (Å²) < 4.78 is 14.3. The monoisotopic (exact) mass is 356 g/mol. The highest BCUT2D eigenvalue weighted by molar-refractivity contribution is 9.10. The third-order valence-electron chi connectivity index (χ3n) is 2.99. The van der Waals surface area contributed by atoms with Gasteiger partial charge in [-0.25, -0.2) is 9.37 Å². The van der Waals surface area contributed by atoms with E-state index in [2.05, 4.69) is 33.2 Å². The molecule has 0 aliphatic heterocycles. The van der Waals surface area contributed by atoms with E-state index in [-0.39, 0.29) is 11.9 Å². The van der Waals surface area contributed by atoms with E-state index in [1.807, 2.05) is 19.2 Å². The molecule has 0 fully saturated rings. The summed E-state index contributed by atoms with van der Waals surface area (Å²) in [5, 5.41) is 4.58. The zero-order valence-electron chi connectivity index (χ0n) is 11.6. The minimum Gasteiger partial charge on any atom is -0.309 e. The summed E-state index contributed by atoms with van der Waals surface area (Å²) in [4.78, 5) is 5.52. The second-order valence-electron chi connectivity index (χ2n) is 4.77. The zero-order chi connectivity index (χ0) is 14.5. The van der Waals surface area contributed by atoms with E-state index in [1.165, 1.54) is 10.9 Å². The number of thiazole rings is 1. The number of nitrogens with one attached hydrogen (secondary N) is 1. The van der Waals surface area contributed by atoms with Gasteiger partial charge in [-0.15, -0.1) is 11.3 Å². The van der Waals surface area contributed by atoms with Crippen LogP contribution in [0.4, 0.5) is 4.39 Å². The topological polar surface area (TPSA) is 24.9 Å². The van der Waals surface area contributed by atoms with Crippen molar-refractivity contribution < 1.29 is 4.39 Å². The van der Waals surface area contributed by atoms with E-state index in [0.29, 0.717) is 0 Å². The first-order chi connectivity index (χ1) is 9.58. The summed E-state index contributed by atoms with van der Waals surface area (Å²) in [5.41, 5.74) is 0.983. The summed E-state index contributed by atoms with van der Waals surface area (Å²) in [7, 11) is 0. The maximum atomic E-state index is 13.5. The number of aromatic nitrogens is 1. The predicted molar refractivity (Wildman–Crippen MR) is 85.7 cm³/mol. The maximum Gasteiger partial charge on any atom is 0.124 e. The first kappa shape index (κ1) is 15.6.